The Bertz CT molecular complexity index is 769. The standard InChI is InChI=1S/C17H16N2O2/c20-17(15-5-1-3-12-8-9-18-16(12)15)19(13-6-7-13)11-14-4-2-10-21-14/h1-5,8-10,13,18H,6-7,11H2. The maximum atomic E-state index is 12.9. The Hall–Kier alpha value is -2.49. The van der Waals surface area contributed by atoms with Crippen LogP contribution in [0.15, 0.2) is 53.3 Å². The van der Waals surface area contributed by atoms with E-state index in [0.29, 0.717) is 12.6 Å². The Morgan fingerprint density at radius 2 is 2.14 bits per heavy atom. The van der Waals surface area contributed by atoms with Crippen LogP contribution in [0.2, 0.25) is 0 Å². The van der Waals surface area contributed by atoms with Gasteiger partial charge in [-0.15, -0.1) is 0 Å². The highest BCUT2D eigenvalue weighted by molar-refractivity contribution is 6.05. The van der Waals surface area contributed by atoms with E-state index in [0.717, 1.165) is 35.1 Å². The van der Waals surface area contributed by atoms with E-state index in [2.05, 4.69) is 4.98 Å². The minimum absolute atomic E-state index is 0.0713. The summed E-state index contributed by atoms with van der Waals surface area (Å²) in [5.74, 6) is 0.899. The summed E-state index contributed by atoms with van der Waals surface area (Å²) in [6, 6.07) is 11.9. The highest BCUT2D eigenvalue weighted by Crippen LogP contribution is 2.31. The zero-order chi connectivity index (χ0) is 14.2. The van der Waals surface area contributed by atoms with Crippen molar-refractivity contribution in [3.05, 3.63) is 60.2 Å². The van der Waals surface area contributed by atoms with Gasteiger partial charge in [0.2, 0.25) is 0 Å². The minimum atomic E-state index is 0.0713. The summed E-state index contributed by atoms with van der Waals surface area (Å²) in [6.45, 7) is 0.535. The molecule has 2 heterocycles. The summed E-state index contributed by atoms with van der Waals surface area (Å²) < 4.78 is 5.40. The summed E-state index contributed by atoms with van der Waals surface area (Å²) in [4.78, 5) is 18.0. The molecule has 1 aliphatic carbocycles. The van der Waals surface area contributed by atoms with Crippen LogP contribution in [0.25, 0.3) is 10.9 Å². The van der Waals surface area contributed by atoms with E-state index in [-0.39, 0.29) is 5.91 Å². The van der Waals surface area contributed by atoms with E-state index in [9.17, 15) is 4.79 Å². The number of carbonyl (C=O) groups is 1. The zero-order valence-electron chi connectivity index (χ0n) is 11.6. The van der Waals surface area contributed by atoms with Gasteiger partial charge in [-0.25, -0.2) is 0 Å². The lowest BCUT2D eigenvalue weighted by Crippen LogP contribution is -2.32. The molecule has 1 fully saturated rings. The predicted octanol–water partition coefficient (Wildman–Crippen LogP) is 3.57. The van der Waals surface area contributed by atoms with Gasteiger partial charge in [-0.2, -0.15) is 0 Å². The number of benzene rings is 1. The minimum Gasteiger partial charge on any atom is -0.467 e. The molecular weight excluding hydrogens is 264 g/mol. The van der Waals surface area contributed by atoms with E-state index in [1.807, 2.05) is 47.5 Å². The number of hydrogen-bond donors (Lipinski definition) is 1. The van der Waals surface area contributed by atoms with Crippen LogP contribution < -0.4 is 0 Å². The van der Waals surface area contributed by atoms with Crippen LogP contribution in [-0.2, 0) is 6.54 Å². The lowest BCUT2D eigenvalue weighted by molar-refractivity contribution is 0.0719. The number of aromatic amines is 1. The van der Waals surface area contributed by atoms with Gasteiger partial charge in [0.1, 0.15) is 5.76 Å². The molecule has 0 radical (unpaired) electrons. The number of hydrogen-bond acceptors (Lipinski definition) is 2. The first-order chi connectivity index (χ1) is 10.3. The molecular formula is C17H16N2O2. The lowest BCUT2D eigenvalue weighted by Gasteiger charge is -2.21. The fraction of sp³-hybridized carbons (Fsp3) is 0.235. The van der Waals surface area contributed by atoms with Crippen LogP contribution in [0, 0.1) is 0 Å². The molecule has 0 saturated heterocycles. The summed E-state index contributed by atoms with van der Waals surface area (Å²) in [5.41, 5.74) is 1.64. The van der Waals surface area contributed by atoms with Crippen LogP contribution in [0.5, 0.6) is 0 Å². The molecule has 1 aliphatic rings. The van der Waals surface area contributed by atoms with Crippen molar-refractivity contribution in [2.24, 2.45) is 0 Å². The average Bonchev–Trinajstić information content (AvgIpc) is 3.02. The van der Waals surface area contributed by atoms with Crippen molar-refractivity contribution in [1.29, 1.82) is 0 Å². The number of nitrogens with zero attached hydrogens (tertiary/aromatic N) is 1. The number of furan rings is 1. The van der Waals surface area contributed by atoms with Crippen LogP contribution >= 0.6 is 0 Å². The molecule has 0 atom stereocenters. The number of amides is 1. The molecule has 0 bridgehead atoms. The maximum absolute atomic E-state index is 12.9. The van der Waals surface area contributed by atoms with Gasteiger partial charge >= 0.3 is 0 Å². The SMILES string of the molecule is O=C(c1cccc2cc[nH]c12)N(Cc1ccco1)C1CC1. The van der Waals surface area contributed by atoms with Crippen molar-refractivity contribution < 1.29 is 9.21 Å². The normalized spacial score (nSPS) is 14.5. The molecule has 106 valence electrons. The first-order valence-corrected chi connectivity index (χ1v) is 7.22. The highest BCUT2D eigenvalue weighted by atomic mass is 16.3. The molecule has 3 aromatic rings. The van der Waals surface area contributed by atoms with Gasteiger partial charge in [0.15, 0.2) is 0 Å². The van der Waals surface area contributed by atoms with Crippen molar-refractivity contribution in [3.8, 4) is 0 Å². The van der Waals surface area contributed by atoms with Crippen molar-refractivity contribution >= 4 is 16.8 Å². The van der Waals surface area contributed by atoms with E-state index >= 15 is 0 Å². The molecule has 4 rings (SSSR count). The van der Waals surface area contributed by atoms with E-state index in [1.54, 1.807) is 6.26 Å². The van der Waals surface area contributed by atoms with Crippen molar-refractivity contribution in [3.63, 3.8) is 0 Å². The zero-order valence-corrected chi connectivity index (χ0v) is 11.6. The number of fused-ring (bicyclic) bond motifs is 1. The Morgan fingerprint density at radius 1 is 1.24 bits per heavy atom. The first-order valence-electron chi connectivity index (χ1n) is 7.22. The second-order valence-electron chi connectivity index (χ2n) is 5.49. The monoisotopic (exact) mass is 280 g/mol. The highest BCUT2D eigenvalue weighted by Gasteiger charge is 2.34. The molecule has 0 aliphatic heterocycles. The molecule has 0 unspecified atom stereocenters. The third-order valence-electron chi connectivity index (χ3n) is 3.97. The molecule has 0 spiro atoms. The van der Waals surface area contributed by atoms with Crippen LogP contribution in [0.4, 0.5) is 0 Å². The van der Waals surface area contributed by atoms with Gasteiger partial charge in [0.25, 0.3) is 5.91 Å². The fourth-order valence-electron chi connectivity index (χ4n) is 2.74. The number of rotatable bonds is 4. The van der Waals surface area contributed by atoms with Gasteiger partial charge in [0.05, 0.1) is 23.9 Å². The molecule has 1 saturated carbocycles. The molecule has 2 aromatic heterocycles. The van der Waals surface area contributed by atoms with Crippen molar-refractivity contribution in [2.45, 2.75) is 25.4 Å². The van der Waals surface area contributed by atoms with Gasteiger partial charge < -0.3 is 14.3 Å². The second kappa shape index (κ2) is 4.81. The van der Waals surface area contributed by atoms with E-state index in [4.69, 9.17) is 4.42 Å². The van der Waals surface area contributed by atoms with E-state index < -0.39 is 0 Å². The van der Waals surface area contributed by atoms with Crippen LogP contribution in [-0.4, -0.2) is 21.8 Å². The number of nitrogens with one attached hydrogen (secondary N) is 1. The molecule has 1 amide bonds. The first kappa shape index (κ1) is 12.3. The second-order valence-corrected chi connectivity index (χ2v) is 5.49. The molecule has 1 N–H and O–H groups in total. The van der Waals surface area contributed by atoms with Gasteiger partial charge in [-0.3, -0.25) is 4.79 Å². The number of carbonyl (C=O) groups excluding carboxylic acids is 1. The summed E-state index contributed by atoms with van der Waals surface area (Å²) in [5, 5.41) is 1.06. The number of aromatic nitrogens is 1. The number of H-pyrrole nitrogens is 1. The third kappa shape index (κ3) is 2.23. The Balaban J connectivity index is 1.69. The summed E-state index contributed by atoms with van der Waals surface area (Å²) in [7, 11) is 0. The van der Waals surface area contributed by atoms with Gasteiger partial charge in [0, 0.05) is 17.6 Å². The van der Waals surface area contributed by atoms with Gasteiger partial charge in [-0.1, -0.05) is 12.1 Å². The fourth-order valence-corrected chi connectivity index (χ4v) is 2.74. The van der Waals surface area contributed by atoms with Crippen molar-refractivity contribution in [2.75, 3.05) is 0 Å². The Kier molecular flexibility index (Phi) is 2.81. The smallest absolute Gasteiger partial charge is 0.256 e. The summed E-state index contributed by atoms with van der Waals surface area (Å²) in [6.07, 6.45) is 5.67. The predicted molar refractivity (Wildman–Crippen MR) is 79.9 cm³/mol. The third-order valence-corrected chi connectivity index (χ3v) is 3.97. The molecule has 21 heavy (non-hydrogen) atoms. The van der Waals surface area contributed by atoms with Crippen LogP contribution in [0.1, 0.15) is 29.0 Å². The average molecular weight is 280 g/mol. The Labute approximate surface area is 122 Å². The molecule has 4 heteroatoms. The van der Waals surface area contributed by atoms with Crippen molar-refractivity contribution in [1.82, 2.24) is 9.88 Å². The molecule has 4 nitrogen and oxygen atoms in total. The molecule has 1 aromatic carbocycles. The summed E-state index contributed by atoms with van der Waals surface area (Å²) >= 11 is 0. The maximum Gasteiger partial charge on any atom is 0.256 e. The number of para-hydroxylation sites is 1. The lowest BCUT2D eigenvalue weighted by atomic mass is 10.1. The largest absolute Gasteiger partial charge is 0.467 e. The quantitative estimate of drug-likeness (QED) is 0.794. The van der Waals surface area contributed by atoms with Gasteiger partial charge in [-0.05, 0) is 37.1 Å². The Morgan fingerprint density at radius 3 is 2.90 bits per heavy atom. The van der Waals surface area contributed by atoms with E-state index in [1.165, 1.54) is 0 Å². The topological polar surface area (TPSA) is 49.2 Å². The van der Waals surface area contributed by atoms with Crippen LogP contribution in [0.3, 0.4) is 0 Å².